The van der Waals surface area contributed by atoms with E-state index in [-0.39, 0.29) is 11.8 Å². The van der Waals surface area contributed by atoms with E-state index in [1.165, 1.54) is 18.7 Å². The Labute approximate surface area is 180 Å². The van der Waals surface area contributed by atoms with Crippen LogP contribution in [0.5, 0.6) is 5.75 Å². The van der Waals surface area contributed by atoms with Crippen LogP contribution in [-0.2, 0) is 20.7 Å². The van der Waals surface area contributed by atoms with Gasteiger partial charge in [-0.2, -0.15) is 0 Å². The van der Waals surface area contributed by atoms with Gasteiger partial charge in [-0.25, -0.2) is 0 Å². The van der Waals surface area contributed by atoms with Gasteiger partial charge in [0.2, 0.25) is 5.91 Å². The van der Waals surface area contributed by atoms with Crippen LogP contribution in [0.1, 0.15) is 36.9 Å². The molecule has 1 N–H and O–H groups in total. The van der Waals surface area contributed by atoms with Crippen molar-refractivity contribution in [1.82, 2.24) is 5.32 Å². The van der Waals surface area contributed by atoms with Crippen molar-refractivity contribution in [3.8, 4) is 17.6 Å². The second-order valence-electron chi connectivity index (χ2n) is 6.56. The third-order valence-electron chi connectivity index (χ3n) is 4.00. The molecule has 154 valence electrons. The van der Waals surface area contributed by atoms with E-state index in [4.69, 9.17) is 21.1 Å². The smallest absolute Gasteiger partial charge is 0.304 e. The monoisotopic (exact) mass is 433 g/mol. The van der Waals surface area contributed by atoms with E-state index in [1.54, 1.807) is 35.6 Å². The Morgan fingerprint density at radius 3 is 2.55 bits per heavy atom. The van der Waals surface area contributed by atoms with Crippen molar-refractivity contribution in [3.05, 3.63) is 51.2 Å². The first kappa shape index (κ1) is 22.8. The van der Waals surface area contributed by atoms with E-state index in [0.717, 1.165) is 23.5 Å². The van der Waals surface area contributed by atoms with E-state index in [0.29, 0.717) is 11.6 Å². The minimum Gasteiger partial charge on any atom is -0.481 e. The first-order chi connectivity index (χ1) is 13.8. The van der Waals surface area contributed by atoms with E-state index in [9.17, 15) is 9.59 Å². The molecule has 0 radical (unpaired) electrons. The number of benzene rings is 1. The summed E-state index contributed by atoms with van der Waals surface area (Å²) in [7, 11) is 0. The zero-order valence-electron chi connectivity index (χ0n) is 16.7. The number of nitrogens with one attached hydrogen (secondary N) is 1. The standard InChI is InChI=1S/C22H24ClNO4S/c1-15(22(24-16(2)25)28-17(3)26)6-11-21-13-12-20(29-21)5-4-14-27-19-9-7-18(23)8-10-19/h7-10,12-13,15,22H,6,11,14H2,1-3H3,(H,24,25). The van der Waals surface area contributed by atoms with Crippen LogP contribution in [0.4, 0.5) is 0 Å². The zero-order chi connectivity index (χ0) is 21.2. The summed E-state index contributed by atoms with van der Waals surface area (Å²) in [5.41, 5.74) is 0. The molecular weight excluding hydrogens is 410 g/mol. The molecule has 0 aliphatic rings. The second kappa shape index (κ2) is 11.5. The van der Waals surface area contributed by atoms with Crippen LogP contribution >= 0.6 is 22.9 Å². The van der Waals surface area contributed by atoms with Gasteiger partial charge in [-0.15, -0.1) is 11.3 Å². The molecule has 0 spiro atoms. The summed E-state index contributed by atoms with van der Waals surface area (Å²) < 4.78 is 10.8. The molecule has 2 rings (SSSR count). The van der Waals surface area contributed by atoms with Crippen LogP contribution < -0.4 is 10.1 Å². The number of amides is 1. The second-order valence-corrected chi connectivity index (χ2v) is 8.16. The lowest BCUT2D eigenvalue weighted by molar-refractivity contribution is -0.152. The molecule has 5 nitrogen and oxygen atoms in total. The van der Waals surface area contributed by atoms with Crippen LogP contribution in [0.15, 0.2) is 36.4 Å². The number of halogens is 1. The molecule has 0 aliphatic carbocycles. The Hall–Kier alpha value is -2.49. The maximum atomic E-state index is 11.3. The lowest BCUT2D eigenvalue weighted by Gasteiger charge is -2.23. The van der Waals surface area contributed by atoms with E-state index in [1.807, 2.05) is 19.1 Å². The van der Waals surface area contributed by atoms with Crippen LogP contribution in [0.25, 0.3) is 0 Å². The summed E-state index contributed by atoms with van der Waals surface area (Å²) in [6.45, 7) is 4.99. The number of carbonyl (C=O) groups is 2. The Balaban J connectivity index is 1.82. The third-order valence-corrected chi connectivity index (χ3v) is 5.31. The SMILES string of the molecule is CC(=O)NC(OC(C)=O)C(C)CCc1ccc(C#CCOc2ccc(Cl)cc2)s1. The summed E-state index contributed by atoms with van der Waals surface area (Å²) >= 11 is 7.46. The Morgan fingerprint density at radius 2 is 1.90 bits per heavy atom. The van der Waals surface area contributed by atoms with Crippen LogP contribution in [-0.4, -0.2) is 24.7 Å². The molecule has 0 fully saturated rings. The summed E-state index contributed by atoms with van der Waals surface area (Å²) in [5, 5.41) is 3.35. The molecular formula is C22H24ClNO4S. The summed E-state index contributed by atoms with van der Waals surface area (Å²) in [5.74, 6) is 6.19. The topological polar surface area (TPSA) is 64.6 Å². The zero-order valence-corrected chi connectivity index (χ0v) is 18.2. The molecule has 0 saturated carbocycles. The molecule has 1 heterocycles. The van der Waals surface area contributed by atoms with Gasteiger partial charge in [-0.05, 0) is 49.2 Å². The van der Waals surface area contributed by atoms with Crippen molar-refractivity contribution in [2.24, 2.45) is 5.92 Å². The highest BCUT2D eigenvalue weighted by atomic mass is 35.5. The molecule has 1 amide bonds. The highest BCUT2D eigenvalue weighted by Crippen LogP contribution is 2.21. The molecule has 0 bridgehead atoms. The maximum Gasteiger partial charge on any atom is 0.304 e. The molecule has 1 aromatic heterocycles. The quantitative estimate of drug-likeness (QED) is 0.380. The number of thiophene rings is 1. The van der Waals surface area contributed by atoms with Gasteiger partial charge in [-0.1, -0.05) is 30.4 Å². The van der Waals surface area contributed by atoms with Crippen LogP contribution in [0.3, 0.4) is 0 Å². The Kier molecular flexibility index (Phi) is 9.04. The third kappa shape index (κ3) is 8.59. The first-order valence-electron chi connectivity index (χ1n) is 9.23. The van der Waals surface area contributed by atoms with Gasteiger partial charge < -0.3 is 14.8 Å². The Morgan fingerprint density at radius 1 is 1.17 bits per heavy atom. The number of hydrogen-bond acceptors (Lipinski definition) is 5. The summed E-state index contributed by atoms with van der Waals surface area (Å²) in [6.07, 6.45) is 0.964. The number of ether oxygens (including phenoxy) is 2. The molecule has 0 aliphatic heterocycles. The number of aryl methyl sites for hydroxylation is 1. The fraction of sp³-hybridized carbons (Fsp3) is 0.364. The van der Waals surface area contributed by atoms with Gasteiger partial charge in [0.1, 0.15) is 12.4 Å². The predicted molar refractivity (Wildman–Crippen MR) is 115 cm³/mol. The largest absolute Gasteiger partial charge is 0.481 e. The van der Waals surface area contributed by atoms with Crippen LogP contribution in [0, 0.1) is 17.8 Å². The van der Waals surface area contributed by atoms with Crippen molar-refractivity contribution < 1.29 is 19.1 Å². The van der Waals surface area contributed by atoms with Gasteiger partial charge in [0.25, 0.3) is 0 Å². The van der Waals surface area contributed by atoms with Crippen molar-refractivity contribution in [2.75, 3.05) is 6.61 Å². The van der Waals surface area contributed by atoms with Crippen molar-refractivity contribution in [2.45, 2.75) is 39.8 Å². The van der Waals surface area contributed by atoms with Gasteiger partial charge in [0.15, 0.2) is 6.23 Å². The fourth-order valence-corrected chi connectivity index (χ4v) is 3.56. The maximum absolute atomic E-state index is 11.3. The van der Waals surface area contributed by atoms with Crippen molar-refractivity contribution >= 4 is 34.8 Å². The lowest BCUT2D eigenvalue weighted by atomic mass is 10.0. The minimum absolute atomic E-state index is 0.00721. The lowest BCUT2D eigenvalue weighted by Crippen LogP contribution is -2.41. The van der Waals surface area contributed by atoms with E-state index < -0.39 is 12.2 Å². The molecule has 2 atom stereocenters. The summed E-state index contributed by atoms with van der Waals surface area (Å²) in [6, 6.07) is 11.2. The average molecular weight is 434 g/mol. The van der Waals surface area contributed by atoms with Gasteiger partial charge in [-0.3, -0.25) is 9.59 Å². The van der Waals surface area contributed by atoms with Gasteiger partial charge in [0, 0.05) is 29.7 Å². The normalized spacial score (nSPS) is 12.3. The molecule has 2 unspecified atom stereocenters. The number of esters is 1. The summed E-state index contributed by atoms with van der Waals surface area (Å²) in [4.78, 5) is 24.7. The van der Waals surface area contributed by atoms with Crippen LogP contribution in [0.2, 0.25) is 5.02 Å². The minimum atomic E-state index is -0.616. The highest BCUT2D eigenvalue weighted by Gasteiger charge is 2.21. The molecule has 2 aromatic rings. The fourth-order valence-electron chi connectivity index (χ4n) is 2.54. The average Bonchev–Trinajstić information content (AvgIpc) is 3.11. The number of rotatable bonds is 8. The Bertz CT molecular complexity index is 866. The molecule has 0 saturated heterocycles. The molecule has 7 heteroatoms. The van der Waals surface area contributed by atoms with Crippen molar-refractivity contribution in [3.63, 3.8) is 0 Å². The molecule has 29 heavy (non-hydrogen) atoms. The molecule has 1 aromatic carbocycles. The highest BCUT2D eigenvalue weighted by molar-refractivity contribution is 7.12. The predicted octanol–water partition coefficient (Wildman–Crippen LogP) is 4.43. The first-order valence-corrected chi connectivity index (χ1v) is 10.4. The number of hydrogen-bond donors (Lipinski definition) is 1. The van der Waals surface area contributed by atoms with Gasteiger partial charge >= 0.3 is 5.97 Å². The van der Waals surface area contributed by atoms with E-state index in [2.05, 4.69) is 17.2 Å². The van der Waals surface area contributed by atoms with E-state index >= 15 is 0 Å². The number of carbonyl (C=O) groups excluding carboxylic acids is 2. The van der Waals surface area contributed by atoms with Crippen molar-refractivity contribution in [1.29, 1.82) is 0 Å². The van der Waals surface area contributed by atoms with Gasteiger partial charge in [0.05, 0.1) is 4.88 Å².